The summed E-state index contributed by atoms with van der Waals surface area (Å²) in [5.41, 5.74) is 1.23. The van der Waals surface area contributed by atoms with Crippen molar-refractivity contribution in [1.82, 2.24) is 0 Å². The summed E-state index contributed by atoms with van der Waals surface area (Å²) in [7, 11) is 0. The average Bonchev–Trinajstić information content (AvgIpc) is 2.41. The summed E-state index contributed by atoms with van der Waals surface area (Å²) < 4.78 is 6.19. The standard InChI is InChI=1S/C18H28O2/c1-12(2)14-9-10-16(19)18(11-14)20-17-8-6-5-7-15(17)13(3)4/h5-8,12-14,16,18-19H,9-11H2,1-4H3. The molecule has 1 N–H and O–H groups in total. The molecule has 3 unspecified atom stereocenters. The fourth-order valence-corrected chi connectivity index (χ4v) is 3.10. The number of hydrogen-bond acceptors (Lipinski definition) is 2. The van der Waals surface area contributed by atoms with E-state index >= 15 is 0 Å². The Morgan fingerprint density at radius 1 is 1.10 bits per heavy atom. The lowest BCUT2D eigenvalue weighted by Gasteiger charge is -2.35. The van der Waals surface area contributed by atoms with Crippen LogP contribution < -0.4 is 4.74 Å². The molecule has 1 aromatic carbocycles. The Morgan fingerprint density at radius 3 is 2.45 bits per heavy atom. The highest BCUT2D eigenvalue weighted by Gasteiger charge is 2.32. The van der Waals surface area contributed by atoms with Crippen LogP contribution in [0.4, 0.5) is 0 Å². The monoisotopic (exact) mass is 276 g/mol. The van der Waals surface area contributed by atoms with Gasteiger partial charge in [-0.15, -0.1) is 0 Å². The van der Waals surface area contributed by atoms with Crippen LogP contribution in [0.25, 0.3) is 0 Å². The Bertz CT molecular complexity index is 425. The molecular weight excluding hydrogens is 248 g/mol. The van der Waals surface area contributed by atoms with Crippen molar-refractivity contribution in [2.45, 2.75) is 65.1 Å². The third kappa shape index (κ3) is 3.54. The first-order chi connectivity index (χ1) is 9.49. The maximum absolute atomic E-state index is 10.2. The summed E-state index contributed by atoms with van der Waals surface area (Å²) in [6.07, 6.45) is 2.55. The highest BCUT2D eigenvalue weighted by atomic mass is 16.5. The summed E-state index contributed by atoms with van der Waals surface area (Å²) in [6.45, 7) is 8.88. The van der Waals surface area contributed by atoms with E-state index in [1.54, 1.807) is 0 Å². The molecule has 0 aromatic heterocycles. The van der Waals surface area contributed by atoms with Crippen molar-refractivity contribution in [3.8, 4) is 5.75 Å². The summed E-state index contributed by atoms with van der Waals surface area (Å²) in [5.74, 6) is 2.70. The zero-order valence-corrected chi connectivity index (χ0v) is 13.2. The predicted octanol–water partition coefficient (Wildman–Crippen LogP) is 4.37. The third-order valence-corrected chi connectivity index (χ3v) is 4.56. The van der Waals surface area contributed by atoms with Crippen LogP contribution in [0.3, 0.4) is 0 Å². The molecule has 0 radical (unpaired) electrons. The number of benzene rings is 1. The molecular formula is C18H28O2. The fraction of sp³-hybridized carbons (Fsp3) is 0.667. The predicted molar refractivity (Wildman–Crippen MR) is 83.1 cm³/mol. The topological polar surface area (TPSA) is 29.5 Å². The minimum atomic E-state index is -0.329. The molecule has 20 heavy (non-hydrogen) atoms. The van der Waals surface area contributed by atoms with Crippen molar-refractivity contribution in [3.05, 3.63) is 29.8 Å². The van der Waals surface area contributed by atoms with E-state index < -0.39 is 0 Å². The molecule has 1 aromatic rings. The van der Waals surface area contributed by atoms with Gasteiger partial charge in [-0.05, 0) is 48.6 Å². The van der Waals surface area contributed by atoms with Crippen molar-refractivity contribution >= 4 is 0 Å². The first-order valence-corrected chi connectivity index (χ1v) is 7.92. The lowest BCUT2D eigenvalue weighted by molar-refractivity contribution is -0.0181. The van der Waals surface area contributed by atoms with E-state index in [0.29, 0.717) is 17.8 Å². The average molecular weight is 276 g/mol. The second-order valence-corrected chi connectivity index (χ2v) is 6.73. The first-order valence-electron chi connectivity index (χ1n) is 7.92. The van der Waals surface area contributed by atoms with Crippen LogP contribution >= 0.6 is 0 Å². The zero-order valence-electron chi connectivity index (χ0n) is 13.2. The molecule has 0 saturated heterocycles. The first kappa shape index (κ1) is 15.4. The van der Waals surface area contributed by atoms with Gasteiger partial charge in [0.2, 0.25) is 0 Å². The van der Waals surface area contributed by atoms with Crippen molar-refractivity contribution < 1.29 is 9.84 Å². The summed E-state index contributed by atoms with van der Waals surface area (Å²) in [5, 5.41) is 10.2. The molecule has 1 aliphatic carbocycles. The van der Waals surface area contributed by atoms with Crippen LogP contribution in [0.2, 0.25) is 0 Å². The van der Waals surface area contributed by atoms with Gasteiger partial charge in [0.25, 0.3) is 0 Å². The van der Waals surface area contributed by atoms with Gasteiger partial charge in [-0.3, -0.25) is 0 Å². The molecule has 1 fully saturated rings. The van der Waals surface area contributed by atoms with E-state index in [-0.39, 0.29) is 12.2 Å². The fourth-order valence-electron chi connectivity index (χ4n) is 3.10. The molecule has 2 rings (SSSR count). The highest BCUT2D eigenvalue weighted by Crippen LogP contribution is 2.34. The molecule has 112 valence electrons. The van der Waals surface area contributed by atoms with Gasteiger partial charge in [0.05, 0.1) is 6.10 Å². The van der Waals surface area contributed by atoms with Gasteiger partial charge in [-0.1, -0.05) is 45.9 Å². The SMILES string of the molecule is CC(C)c1ccccc1OC1CC(C(C)C)CCC1O. The van der Waals surface area contributed by atoms with Gasteiger partial charge in [0, 0.05) is 0 Å². The third-order valence-electron chi connectivity index (χ3n) is 4.56. The van der Waals surface area contributed by atoms with E-state index in [2.05, 4.69) is 39.8 Å². The van der Waals surface area contributed by atoms with Crippen molar-refractivity contribution in [1.29, 1.82) is 0 Å². The smallest absolute Gasteiger partial charge is 0.125 e. The van der Waals surface area contributed by atoms with E-state index in [9.17, 15) is 5.11 Å². The molecule has 2 heteroatoms. The number of para-hydroxylation sites is 1. The molecule has 1 saturated carbocycles. The Labute approximate surface area is 123 Å². The number of aliphatic hydroxyl groups is 1. The van der Waals surface area contributed by atoms with Gasteiger partial charge in [-0.2, -0.15) is 0 Å². The van der Waals surface area contributed by atoms with E-state index in [4.69, 9.17) is 4.74 Å². The summed E-state index contributed by atoms with van der Waals surface area (Å²) in [4.78, 5) is 0. The van der Waals surface area contributed by atoms with Crippen LogP contribution in [0.5, 0.6) is 5.75 Å². The Morgan fingerprint density at radius 2 is 1.80 bits per heavy atom. The maximum Gasteiger partial charge on any atom is 0.125 e. The van der Waals surface area contributed by atoms with Crippen LogP contribution in [-0.2, 0) is 0 Å². The normalized spacial score (nSPS) is 27.1. The van der Waals surface area contributed by atoms with Crippen LogP contribution in [0.15, 0.2) is 24.3 Å². The van der Waals surface area contributed by atoms with Gasteiger partial charge in [0.15, 0.2) is 0 Å². The van der Waals surface area contributed by atoms with Gasteiger partial charge >= 0.3 is 0 Å². The second kappa shape index (κ2) is 6.62. The molecule has 0 aliphatic heterocycles. The lowest BCUT2D eigenvalue weighted by Crippen LogP contribution is -2.39. The number of aliphatic hydroxyl groups excluding tert-OH is 1. The maximum atomic E-state index is 10.2. The zero-order chi connectivity index (χ0) is 14.7. The number of ether oxygens (including phenoxy) is 1. The molecule has 0 spiro atoms. The van der Waals surface area contributed by atoms with Gasteiger partial charge in [0.1, 0.15) is 11.9 Å². The summed E-state index contributed by atoms with van der Waals surface area (Å²) >= 11 is 0. The van der Waals surface area contributed by atoms with Crippen LogP contribution in [0, 0.1) is 11.8 Å². The Balaban J connectivity index is 2.12. The molecule has 1 aliphatic rings. The van der Waals surface area contributed by atoms with E-state index in [1.165, 1.54) is 5.56 Å². The number of rotatable bonds is 4. The number of hydrogen-bond donors (Lipinski definition) is 1. The minimum Gasteiger partial charge on any atom is -0.487 e. The highest BCUT2D eigenvalue weighted by molar-refractivity contribution is 5.35. The minimum absolute atomic E-state index is 0.0592. The lowest BCUT2D eigenvalue weighted by atomic mass is 9.79. The molecule has 0 amide bonds. The van der Waals surface area contributed by atoms with Crippen molar-refractivity contribution in [3.63, 3.8) is 0 Å². The quantitative estimate of drug-likeness (QED) is 0.884. The largest absolute Gasteiger partial charge is 0.487 e. The summed E-state index contributed by atoms with van der Waals surface area (Å²) in [6, 6.07) is 8.21. The second-order valence-electron chi connectivity index (χ2n) is 6.73. The van der Waals surface area contributed by atoms with Crippen LogP contribution in [0.1, 0.15) is 58.4 Å². The van der Waals surface area contributed by atoms with Crippen molar-refractivity contribution in [2.24, 2.45) is 11.8 Å². The Hall–Kier alpha value is -1.02. The Kier molecular flexibility index (Phi) is 5.09. The molecule has 2 nitrogen and oxygen atoms in total. The molecule has 3 atom stereocenters. The van der Waals surface area contributed by atoms with E-state index in [0.717, 1.165) is 25.0 Å². The van der Waals surface area contributed by atoms with Crippen LogP contribution in [-0.4, -0.2) is 17.3 Å². The van der Waals surface area contributed by atoms with Crippen molar-refractivity contribution in [2.75, 3.05) is 0 Å². The van der Waals surface area contributed by atoms with E-state index in [1.807, 2.05) is 12.1 Å². The van der Waals surface area contributed by atoms with Gasteiger partial charge < -0.3 is 9.84 Å². The van der Waals surface area contributed by atoms with Gasteiger partial charge in [-0.25, -0.2) is 0 Å². The molecule has 0 bridgehead atoms. The molecule has 0 heterocycles.